The Labute approximate surface area is 163 Å². The van der Waals surface area contributed by atoms with Crippen LogP contribution in [0.3, 0.4) is 0 Å². The van der Waals surface area contributed by atoms with Gasteiger partial charge in [-0.2, -0.15) is 5.10 Å². The summed E-state index contributed by atoms with van der Waals surface area (Å²) in [5.41, 5.74) is 0.672. The lowest BCUT2D eigenvalue weighted by Crippen LogP contribution is -2.21. The number of ether oxygens (including phenoxy) is 1. The number of aromatic nitrogens is 2. The Morgan fingerprint density at radius 3 is 2.50 bits per heavy atom. The summed E-state index contributed by atoms with van der Waals surface area (Å²) in [6.07, 6.45) is 0. The second-order valence-corrected chi connectivity index (χ2v) is 6.10. The second kappa shape index (κ2) is 8.18. The van der Waals surface area contributed by atoms with E-state index in [0.29, 0.717) is 5.69 Å². The van der Waals surface area contributed by atoms with Gasteiger partial charge in [-0.05, 0) is 43.3 Å². The van der Waals surface area contributed by atoms with E-state index in [1.54, 1.807) is 13.0 Å². The molecule has 0 unspecified atom stereocenters. The van der Waals surface area contributed by atoms with E-state index in [2.05, 4.69) is 10.4 Å². The zero-order valence-electron chi connectivity index (χ0n) is 14.6. The van der Waals surface area contributed by atoms with E-state index in [9.17, 15) is 18.4 Å². The normalized spacial score (nSPS) is 10.6. The van der Waals surface area contributed by atoms with E-state index < -0.39 is 30.1 Å². The minimum atomic E-state index is -0.862. The average Bonchev–Trinajstić information content (AvgIpc) is 2.96. The number of nitrogens with one attached hydrogen (secondary N) is 1. The first-order valence-electron chi connectivity index (χ1n) is 8.09. The SMILES string of the molecule is Cc1nn(-c2ccc(F)cc2)c(Cl)c1C(=O)OCC(=O)Nc1ccccc1F. The zero-order valence-corrected chi connectivity index (χ0v) is 15.3. The number of hydrogen-bond acceptors (Lipinski definition) is 4. The minimum absolute atomic E-state index is 0.0234. The summed E-state index contributed by atoms with van der Waals surface area (Å²) in [4.78, 5) is 24.2. The van der Waals surface area contributed by atoms with Crippen molar-refractivity contribution < 1.29 is 23.1 Å². The standard InChI is InChI=1S/C19H14ClF2N3O3/c1-11-17(18(20)25(24-11)13-8-6-12(21)7-9-13)19(27)28-10-16(26)23-15-5-3-2-4-14(15)22/h2-9H,10H2,1H3,(H,23,26). The van der Waals surface area contributed by atoms with Crippen LogP contribution in [0.1, 0.15) is 16.1 Å². The van der Waals surface area contributed by atoms with Gasteiger partial charge in [0.05, 0.1) is 17.1 Å². The summed E-state index contributed by atoms with van der Waals surface area (Å²) < 4.78 is 32.8. The fourth-order valence-electron chi connectivity index (χ4n) is 2.44. The van der Waals surface area contributed by atoms with Crippen LogP contribution in [0.2, 0.25) is 5.15 Å². The molecular weight excluding hydrogens is 392 g/mol. The molecule has 0 spiro atoms. The molecule has 9 heteroatoms. The number of rotatable bonds is 5. The van der Waals surface area contributed by atoms with Crippen molar-refractivity contribution >= 4 is 29.2 Å². The number of hydrogen-bond donors (Lipinski definition) is 1. The Kier molecular flexibility index (Phi) is 5.70. The maximum absolute atomic E-state index is 13.5. The van der Waals surface area contributed by atoms with Crippen LogP contribution in [0.25, 0.3) is 5.69 Å². The number of nitrogens with zero attached hydrogens (tertiary/aromatic N) is 2. The van der Waals surface area contributed by atoms with Crippen LogP contribution in [0.15, 0.2) is 48.5 Å². The quantitative estimate of drug-likeness (QED) is 0.653. The zero-order chi connectivity index (χ0) is 20.3. The molecule has 0 saturated carbocycles. The summed E-state index contributed by atoms with van der Waals surface area (Å²) in [6.45, 7) is 0.909. The molecule has 0 atom stereocenters. The van der Waals surface area contributed by atoms with E-state index in [4.69, 9.17) is 16.3 Å². The van der Waals surface area contributed by atoms with Crippen molar-refractivity contribution in [2.24, 2.45) is 0 Å². The van der Waals surface area contributed by atoms with Gasteiger partial charge in [0, 0.05) is 0 Å². The highest BCUT2D eigenvalue weighted by Gasteiger charge is 2.23. The molecule has 144 valence electrons. The summed E-state index contributed by atoms with van der Waals surface area (Å²) in [6, 6.07) is 11.0. The third kappa shape index (κ3) is 4.17. The van der Waals surface area contributed by atoms with Gasteiger partial charge >= 0.3 is 5.97 Å². The molecule has 0 aliphatic carbocycles. The molecule has 0 aliphatic rings. The van der Waals surface area contributed by atoms with Crippen molar-refractivity contribution in [2.75, 3.05) is 11.9 Å². The predicted octanol–water partition coefficient (Wildman–Crippen LogP) is 3.91. The largest absolute Gasteiger partial charge is 0.452 e. The maximum Gasteiger partial charge on any atom is 0.343 e. The average molecular weight is 406 g/mol. The molecule has 0 saturated heterocycles. The van der Waals surface area contributed by atoms with E-state index >= 15 is 0 Å². The predicted molar refractivity (Wildman–Crippen MR) is 98.6 cm³/mol. The maximum atomic E-state index is 13.5. The van der Waals surface area contributed by atoms with Crippen molar-refractivity contribution in [1.82, 2.24) is 9.78 Å². The summed E-state index contributed by atoms with van der Waals surface area (Å²) in [5.74, 6) is -2.61. The van der Waals surface area contributed by atoms with Crippen LogP contribution >= 0.6 is 11.6 Å². The van der Waals surface area contributed by atoms with Gasteiger partial charge < -0.3 is 10.1 Å². The number of para-hydroxylation sites is 1. The molecule has 1 N–H and O–H groups in total. The van der Waals surface area contributed by atoms with Gasteiger partial charge in [-0.1, -0.05) is 23.7 Å². The van der Waals surface area contributed by atoms with Gasteiger partial charge in [0.1, 0.15) is 22.4 Å². The first-order chi connectivity index (χ1) is 13.4. The minimum Gasteiger partial charge on any atom is -0.452 e. The fraction of sp³-hybridized carbons (Fsp3) is 0.105. The number of esters is 1. The Hall–Kier alpha value is -3.26. The number of carbonyl (C=O) groups excluding carboxylic acids is 2. The number of halogens is 3. The van der Waals surface area contributed by atoms with Crippen molar-refractivity contribution in [3.63, 3.8) is 0 Å². The lowest BCUT2D eigenvalue weighted by Gasteiger charge is -2.07. The number of carbonyl (C=O) groups is 2. The molecule has 1 aromatic heterocycles. The van der Waals surface area contributed by atoms with Crippen molar-refractivity contribution in [3.8, 4) is 5.69 Å². The highest BCUT2D eigenvalue weighted by atomic mass is 35.5. The number of aryl methyl sites for hydroxylation is 1. The van der Waals surface area contributed by atoms with Gasteiger partial charge in [0.2, 0.25) is 0 Å². The molecule has 1 amide bonds. The first kappa shape index (κ1) is 19.5. The number of benzene rings is 2. The van der Waals surface area contributed by atoms with Crippen molar-refractivity contribution in [3.05, 3.63) is 76.6 Å². The Morgan fingerprint density at radius 2 is 1.82 bits per heavy atom. The lowest BCUT2D eigenvalue weighted by atomic mass is 10.2. The van der Waals surface area contributed by atoms with Gasteiger partial charge in [-0.3, -0.25) is 4.79 Å². The van der Waals surface area contributed by atoms with Gasteiger partial charge in [-0.15, -0.1) is 0 Å². The van der Waals surface area contributed by atoms with Crippen LogP contribution in [0.4, 0.5) is 14.5 Å². The van der Waals surface area contributed by atoms with E-state index in [0.717, 1.165) is 0 Å². The molecular formula is C19H14ClF2N3O3. The van der Waals surface area contributed by atoms with E-state index in [1.165, 1.54) is 47.1 Å². The molecule has 2 aromatic carbocycles. The molecule has 1 heterocycles. The molecule has 3 rings (SSSR count). The van der Waals surface area contributed by atoms with Crippen LogP contribution < -0.4 is 5.32 Å². The Balaban J connectivity index is 1.70. The lowest BCUT2D eigenvalue weighted by molar-refractivity contribution is -0.119. The first-order valence-corrected chi connectivity index (χ1v) is 8.47. The Bertz CT molecular complexity index is 1040. The monoisotopic (exact) mass is 405 g/mol. The second-order valence-electron chi connectivity index (χ2n) is 5.74. The summed E-state index contributed by atoms with van der Waals surface area (Å²) >= 11 is 6.22. The summed E-state index contributed by atoms with van der Waals surface area (Å²) in [7, 11) is 0. The van der Waals surface area contributed by atoms with Crippen LogP contribution in [-0.4, -0.2) is 28.3 Å². The van der Waals surface area contributed by atoms with Crippen molar-refractivity contribution in [2.45, 2.75) is 6.92 Å². The molecule has 0 aliphatic heterocycles. The smallest absolute Gasteiger partial charge is 0.343 e. The number of anilines is 1. The summed E-state index contributed by atoms with van der Waals surface area (Å²) in [5, 5.41) is 6.41. The molecule has 0 bridgehead atoms. The van der Waals surface area contributed by atoms with Gasteiger partial charge in [0.25, 0.3) is 5.91 Å². The highest BCUT2D eigenvalue weighted by Crippen LogP contribution is 2.24. The Morgan fingerprint density at radius 1 is 1.14 bits per heavy atom. The molecule has 28 heavy (non-hydrogen) atoms. The van der Waals surface area contributed by atoms with Crippen molar-refractivity contribution in [1.29, 1.82) is 0 Å². The fourth-order valence-corrected chi connectivity index (χ4v) is 2.79. The third-order valence-electron chi connectivity index (χ3n) is 3.76. The molecule has 3 aromatic rings. The van der Waals surface area contributed by atoms with Crippen LogP contribution in [0.5, 0.6) is 0 Å². The van der Waals surface area contributed by atoms with Crippen LogP contribution in [0, 0.1) is 18.6 Å². The van der Waals surface area contributed by atoms with Crippen LogP contribution in [-0.2, 0) is 9.53 Å². The molecule has 0 fully saturated rings. The van der Waals surface area contributed by atoms with Gasteiger partial charge in [0.15, 0.2) is 6.61 Å². The molecule has 6 nitrogen and oxygen atoms in total. The topological polar surface area (TPSA) is 73.2 Å². The number of amides is 1. The third-order valence-corrected chi connectivity index (χ3v) is 4.11. The highest BCUT2D eigenvalue weighted by molar-refractivity contribution is 6.33. The van der Waals surface area contributed by atoms with E-state index in [1.807, 2.05) is 0 Å². The van der Waals surface area contributed by atoms with E-state index in [-0.39, 0.29) is 22.1 Å². The molecule has 0 radical (unpaired) electrons. The van der Waals surface area contributed by atoms with Gasteiger partial charge in [-0.25, -0.2) is 18.3 Å².